The predicted octanol–water partition coefficient (Wildman–Crippen LogP) is 3.60. The fourth-order valence-corrected chi connectivity index (χ4v) is 2.80. The van der Waals surface area contributed by atoms with E-state index in [4.69, 9.17) is 5.73 Å². The first kappa shape index (κ1) is 12.7. The maximum atomic E-state index is 13.2. The van der Waals surface area contributed by atoms with Gasteiger partial charge in [0.2, 0.25) is 0 Å². The summed E-state index contributed by atoms with van der Waals surface area (Å²) in [4.78, 5) is 4.36. The minimum absolute atomic E-state index is 0.249. The Kier molecular flexibility index (Phi) is 3.91. The third kappa shape index (κ3) is 3.12. The van der Waals surface area contributed by atoms with E-state index in [0.717, 1.165) is 20.7 Å². The number of hydrogen-bond donors (Lipinski definition) is 1. The van der Waals surface area contributed by atoms with Crippen molar-refractivity contribution in [1.82, 2.24) is 4.98 Å². The molecule has 90 valence electrons. The lowest BCUT2D eigenvalue weighted by molar-refractivity contribution is 0.616. The highest BCUT2D eigenvalue weighted by Crippen LogP contribution is 2.25. The molecule has 1 aromatic heterocycles. The molecule has 2 aromatic rings. The first-order chi connectivity index (χ1) is 8.06. The molecular formula is C12H12BrFN2S. The van der Waals surface area contributed by atoms with Crippen LogP contribution in [-0.2, 0) is 6.42 Å². The third-order valence-electron chi connectivity index (χ3n) is 2.45. The van der Waals surface area contributed by atoms with Crippen molar-refractivity contribution < 1.29 is 4.39 Å². The van der Waals surface area contributed by atoms with Crippen molar-refractivity contribution in [2.24, 2.45) is 5.73 Å². The van der Waals surface area contributed by atoms with Crippen LogP contribution in [0.5, 0.6) is 0 Å². The quantitative estimate of drug-likeness (QED) is 0.940. The number of aromatic nitrogens is 1. The monoisotopic (exact) mass is 314 g/mol. The maximum absolute atomic E-state index is 13.2. The Bertz CT molecular complexity index is 527. The van der Waals surface area contributed by atoms with Gasteiger partial charge in [0.1, 0.15) is 5.82 Å². The molecule has 17 heavy (non-hydrogen) atoms. The summed E-state index contributed by atoms with van der Waals surface area (Å²) in [6, 6.07) is 4.31. The molecule has 0 bridgehead atoms. The van der Waals surface area contributed by atoms with Gasteiger partial charge in [0.25, 0.3) is 0 Å². The van der Waals surface area contributed by atoms with Crippen LogP contribution in [0, 0.1) is 12.7 Å². The molecule has 2 N–H and O–H groups in total. The van der Waals surface area contributed by atoms with E-state index in [0.29, 0.717) is 6.42 Å². The van der Waals surface area contributed by atoms with Crippen molar-refractivity contribution in [3.63, 3.8) is 0 Å². The Hall–Kier alpha value is -0.780. The fraction of sp³-hybridized carbons (Fsp3) is 0.250. The van der Waals surface area contributed by atoms with Crippen molar-refractivity contribution in [2.45, 2.75) is 19.4 Å². The fourth-order valence-electron chi connectivity index (χ4n) is 1.64. The molecule has 5 heteroatoms. The molecule has 0 saturated heterocycles. The van der Waals surface area contributed by atoms with Crippen LogP contribution in [0.2, 0.25) is 0 Å². The highest BCUT2D eigenvalue weighted by molar-refractivity contribution is 9.10. The number of hydrogen-bond acceptors (Lipinski definition) is 3. The summed E-state index contributed by atoms with van der Waals surface area (Å²) in [5, 5.41) is 3.01. The lowest BCUT2D eigenvalue weighted by Gasteiger charge is -2.12. The Labute approximate surface area is 112 Å². The van der Waals surface area contributed by atoms with Crippen molar-refractivity contribution in [1.29, 1.82) is 0 Å². The van der Waals surface area contributed by atoms with Gasteiger partial charge in [0.05, 0.1) is 10.7 Å². The van der Waals surface area contributed by atoms with Crippen LogP contribution < -0.4 is 5.73 Å². The average molecular weight is 315 g/mol. The average Bonchev–Trinajstić information content (AvgIpc) is 2.67. The molecular weight excluding hydrogens is 303 g/mol. The highest BCUT2D eigenvalue weighted by Gasteiger charge is 2.13. The van der Waals surface area contributed by atoms with E-state index in [1.165, 1.54) is 12.1 Å². The van der Waals surface area contributed by atoms with Gasteiger partial charge >= 0.3 is 0 Å². The number of halogens is 2. The molecule has 0 amide bonds. The molecule has 0 saturated carbocycles. The van der Waals surface area contributed by atoms with Gasteiger partial charge in [-0.05, 0) is 30.7 Å². The van der Waals surface area contributed by atoms with Crippen LogP contribution in [0.3, 0.4) is 0 Å². The van der Waals surface area contributed by atoms with E-state index in [1.807, 2.05) is 12.3 Å². The molecule has 0 fully saturated rings. The normalized spacial score (nSPS) is 12.7. The SMILES string of the molecule is Cc1nc(CC(N)c2cc(F)ccc2Br)cs1. The van der Waals surface area contributed by atoms with Gasteiger partial charge in [0.15, 0.2) is 0 Å². The molecule has 0 aliphatic carbocycles. The zero-order valence-corrected chi connectivity index (χ0v) is 11.7. The second-order valence-corrected chi connectivity index (χ2v) is 5.75. The highest BCUT2D eigenvalue weighted by atomic mass is 79.9. The molecule has 2 rings (SSSR count). The molecule has 0 radical (unpaired) electrons. The van der Waals surface area contributed by atoms with Crippen LogP contribution in [0.15, 0.2) is 28.1 Å². The van der Waals surface area contributed by atoms with Gasteiger partial charge in [-0.15, -0.1) is 11.3 Å². The number of thiazole rings is 1. The number of benzene rings is 1. The number of aryl methyl sites for hydroxylation is 1. The van der Waals surface area contributed by atoms with Crippen molar-refractivity contribution in [2.75, 3.05) is 0 Å². The minimum Gasteiger partial charge on any atom is -0.324 e. The number of nitrogens with zero attached hydrogens (tertiary/aromatic N) is 1. The standard InChI is InChI=1S/C12H12BrFN2S/c1-7-16-9(6-17-7)5-12(15)10-4-8(14)2-3-11(10)13/h2-4,6,12H,5,15H2,1H3. The summed E-state index contributed by atoms with van der Waals surface area (Å²) < 4.78 is 14.0. The van der Waals surface area contributed by atoms with E-state index in [-0.39, 0.29) is 11.9 Å². The lowest BCUT2D eigenvalue weighted by atomic mass is 10.0. The summed E-state index contributed by atoms with van der Waals surface area (Å²) in [6.07, 6.45) is 0.617. The van der Waals surface area contributed by atoms with E-state index in [9.17, 15) is 4.39 Å². The van der Waals surface area contributed by atoms with E-state index in [1.54, 1.807) is 17.4 Å². The second kappa shape index (κ2) is 5.25. The molecule has 1 unspecified atom stereocenters. The Morgan fingerprint density at radius 1 is 1.53 bits per heavy atom. The van der Waals surface area contributed by atoms with E-state index >= 15 is 0 Å². The zero-order valence-electron chi connectivity index (χ0n) is 9.28. The topological polar surface area (TPSA) is 38.9 Å². The van der Waals surface area contributed by atoms with Crippen molar-refractivity contribution in [3.8, 4) is 0 Å². The number of rotatable bonds is 3. The van der Waals surface area contributed by atoms with E-state index in [2.05, 4.69) is 20.9 Å². The first-order valence-corrected chi connectivity index (χ1v) is 6.85. The van der Waals surface area contributed by atoms with Crippen molar-refractivity contribution >= 4 is 27.3 Å². The molecule has 0 aliphatic heterocycles. The summed E-state index contributed by atoms with van der Waals surface area (Å²) in [5.74, 6) is -0.270. The molecule has 1 heterocycles. The summed E-state index contributed by atoms with van der Waals surface area (Å²) in [5.41, 5.74) is 7.80. The Balaban J connectivity index is 2.19. The molecule has 2 nitrogen and oxygen atoms in total. The summed E-state index contributed by atoms with van der Waals surface area (Å²) >= 11 is 4.98. The molecule has 1 atom stereocenters. The van der Waals surface area contributed by atoms with Gasteiger partial charge < -0.3 is 5.73 Å². The van der Waals surface area contributed by atoms with Crippen LogP contribution in [0.4, 0.5) is 4.39 Å². The van der Waals surface area contributed by atoms with Crippen LogP contribution >= 0.6 is 27.3 Å². The second-order valence-electron chi connectivity index (χ2n) is 3.83. The largest absolute Gasteiger partial charge is 0.324 e. The van der Waals surface area contributed by atoms with Gasteiger partial charge in [-0.1, -0.05) is 15.9 Å². The Morgan fingerprint density at radius 3 is 2.94 bits per heavy atom. The third-order valence-corrected chi connectivity index (χ3v) is 4.00. The van der Waals surface area contributed by atoms with Gasteiger partial charge in [-0.3, -0.25) is 0 Å². The summed E-state index contributed by atoms with van der Waals surface area (Å²) in [7, 11) is 0. The van der Waals surface area contributed by atoms with E-state index < -0.39 is 0 Å². The maximum Gasteiger partial charge on any atom is 0.123 e. The van der Waals surface area contributed by atoms with Crippen LogP contribution in [0.1, 0.15) is 22.3 Å². The molecule has 1 aromatic carbocycles. The zero-order chi connectivity index (χ0) is 12.4. The van der Waals surface area contributed by atoms with Gasteiger partial charge in [-0.2, -0.15) is 0 Å². The van der Waals surface area contributed by atoms with Crippen LogP contribution in [0.25, 0.3) is 0 Å². The van der Waals surface area contributed by atoms with Gasteiger partial charge in [-0.25, -0.2) is 9.37 Å². The van der Waals surface area contributed by atoms with Crippen LogP contribution in [-0.4, -0.2) is 4.98 Å². The van der Waals surface area contributed by atoms with Crippen molar-refractivity contribution in [3.05, 3.63) is 50.1 Å². The lowest BCUT2D eigenvalue weighted by Crippen LogP contribution is -2.14. The molecule has 0 spiro atoms. The smallest absolute Gasteiger partial charge is 0.123 e. The molecule has 0 aliphatic rings. The summed E-state index contributed by atoms with van der Waals surface area (Å²) in [6.45, 7) is 1.96. The Morgan fingerprint density at radius 2 is 2.29 bits per heavy atom. The predicted molar refractivity (Wildman–Crippen MR) is 71.6 cm³/mol. The first-order valence-electron chi connectivity index (χ1n) is 5.18. The number of nitrogens with two attached hydrogens (primary N) is 1. The van der Waals surface area contributed by atoms with Gasteiger partial charge in [0, 0.05) is 22.3 Å². The minimum atomic E-state index is -0.270.